The molecule has 0 aromatic heterocycles. The maximum Gasteiger partial charge on any atom is 0.325 e. The normalized spacial score (nSPS) is 18.9. The molecule has 0 aliphatic carbocycles. The van der Waals surface area contributed by atoms with Crippen molar-refractivity contribution in [1.82, 2.24) is 15.5 Å². The van der Waals surface area contributed by atoms with Crippen molar-refractivity contribution in [3.05, 3.63) is 83.4 Å². The van der Waals surface area contributed by atoms with Gasteiger partial charge in [-0.1, -0.05) is 88.4 Å². The van der Waals surface area contributed by atoms with Crippen LogP contribution in [-0.2, 0) is 15.1 Å². The van der Waals surface area contributed by atoms with Crippen LogP contribution < -0.4 is 10.6 Å². The summed E-state index contributed by atoms with van der Waals surface area (Å²) in [6.45, 7) is 9.70. The third-order valence-corrected chi connectivity index (χ3v) is 6.85. The minimum atomic E-state index is -1.23. The first kappa shape index (κ1) is 24.5. The van der Waals surface area contributed by atoms with Gasteiger partial charge in [0.15, 0.2) is 0 Å². The molecule has 35 heavy (non-hydrogen) atoms. The summed E-state index contributed by atoms with van der Waals surface area (Å²) in [4.78, 5) is 40.1. The fourth-order valence-corrected chi connectivity index (χ4v) is 4.62. The van der Waals surface area contributed by atoms with Crippen LogP contribution in [0.4, 0.5) is 4.79 Å². The summed E-state index contributed by atoms with van der Waals surface area (Å²) in [5, 5.41) is 7.86. The average Bonchev–Trinajstić information content (AvgIpc) is 3.05. The Morgan fingerprint density at radius 3 is 2.17 bits per heavy atom. The van der Waals surface area contributed by atoms with Crippen LogP contribution in [0.3, 0.4) is 0 Å². The van der Waals surface area contributed by atoms with Crippen LogP contribution in [0.5, 0.6) is 0 Å². The van der Waals surface area contributed by atoms with Gasteiger partial charge in [0.2, 0.25) is 5.91 Å². The predicted molar refractivity (Wildman–Crippen MR) is 138 cm³/mol. The summed E-state index contributed by atoms with van der Waals surface area (Å²) in [6, 6.07) is 21.0. The largest absolute Gasteiger partial charge is 0.347 e. The van der Waals surface area contributed by atoms with Gasteiger partial charge >= 0.3 is 6.03 Å². The molecule has 6 heteroatoms. The van der Waals surface area contributed by atoms with E-state index in [1.807, 2.05) is 68.4 Å². The van der Waals surface area contributed by atoms with Gasteiger partial charge in [0.1, 0.15) is 12.1 Å². The summed E-state index contributed by atoms with van der Waals surface area (Å²) in [5.41, 5.74) is 1.68. The van der Waals surface area contributed by atoms with E-state index >= 15 is 0 Å². The zero-order valence-electron chi connectivity index (χ0n) is 21.0. The molecule has 4 amide bonds. The zero-order valence-corrected chi connectivity index (χ0v) is 21.0. The first-order chi connectivity index (χ1) is 16.6. The summed E-state index contributed by atoms with van der Waals surface area (Å²) in [7, 11) is 0. The lowest BCUT2D eigenvalue weighted by atomic mass is 9.90. The quantitative estimate of drug-likeness (QED) is 0.462. The Bertz CT molecular complexity index is 1270. The van der Waals surface area contributed by atoms with Crippen molar-refractivity contribution < 1.29 is 14.4 Å². The number of fused-ring (bicyclic) bond motifs is 1. The van der Waals surface area contributed by atoms with E-state index < -0.39 is 17.5 Å². The Labute approximate surface area is 206 Å². The van der Waals surface area contributed by atoms with Crippen LogP contribution in [-0.4, -0.2) is 29.3 Å². The molecule has 0 bridgehead atoms. The predicted octanol–water partition coefficient (Wildman–Crippen LogP) is 5.24. The van der Waals surface area contributed by atoms with E-state index in [1.165, 1.54) is 5.56 Å². The number of imide groups is 1. The van der Waals surface area contributed by atoms with Gasteiger partial charge in [-0.3, -0.25) is 14.5 Å². The molecule has 0 radical (unpaired) electrons. The Hall–Kier alpha value is -3.67. The van der Waals surface area contributed by atoms with Crippen molar-refractivity contribution in [2.75, 3.05) is 6.54 Å². The number of hydrogen-bond donors (Lipinski definition) is 2. The van der Waals surface area contributed by atoms with Crippen LogP contribution in [0.2, 0.25) is 0 Å². The molecule has 2 N–H and O–H groups in total. The molecule has 1 aliphatic rings. The lowest BCUT2D eigenvalue weighted by molar-refractivity contribution is -0.135. The number of carbonyl (C=O) groups excluding carboxylic acids is 3. The third kappa shape index (κ3) is 4.78. The average molecular weight is 472 g/mol. The molecule has 1 heterocycles. The second kappa shape index (κ2) is 9.53. The molecule has 3 aromatic carbocycles. The van der Waals surface area contributed by atoms with Gasteiger partial charge in [-0.2, -0.15) is 0 Å². The molecule has 1 fully saturated rings. The van der Waals surface area contributed by atoms with Crippen molar-refractivity contribution in [3.63, 3.8) is 0 Å². The third-order valence-electron chi connectivity index (χ3n) is 6.85. The molecule has 182 valence electrons. The first-order valence-corrected chi connectivity index (χ1v) is 12.1. The summed E-state index contributed by atoms with van der Waals surface area (Å²) >= 11 is 0. The van der Waals surface area contributed by atoms with Crippen molar-refractivity contribution in [2.45, 2.75) is 52.1 Å². The molecule has 0 spiro atoms. The Morgan fingerprint density at radius 2 is 1.54 bits per heavy atom. The first-order valence-electron chi connectivity index (χ1n) is 12.1. The number of hydrogen-bond acceptors (Lipinski definition) is 3. The number of carbonyl (C=O) groups is 3. The minimum absolute atomic E-state index is 0.134. The molecule has 2 unspecified atom stereocenters. The monoisotopic (exact) mass is 471 g/mol. The fourth-order valence-electron chi connectivity index (χ4n) is 4.62. The van der Waals surface area contributed by atoms with E-state index in [0.717, 1.165) is 21.2 Å². The maximum atomic E-state index is 13.4. The summed E-state index contributed by atoms with van der Waals surface area (Å²) in [6.07, 6.45) is 0. The van der Waals surface area contributed by atoms with E-state index in [4.69, 9.17) is 0 Å². The van der Waals surface area contributed by atoms with Gasteiger partial charge in [-0.05, 0) is 52.3 Å². The van der Waals surface area contributed by atoms with Crippen molar-refractivity contribution in [1.29, 1.82) is 0 Å². The zero-order chi connectivity index (χ0) is 25.3. The van der Waals surface area contributed by atoms with Crippen molar-refractivity contribution in [2.24, 2.45) is 5.92 Å². The highest BCUT2D eigenvalue weighted by molar-refractivity contribution is 6.09. The number of nitrogens with one attached hydrogen (secondary N) is 2. The van der Waals surface area contributed by atoms with Crippen LogP contribution in [0.15, 0.2) is 66.7 Å². The maximum absolute atomic E-state index is 13.4. The molecular weight excluding hydrogens is 438 g/mol. The standard InChI is InChI=1S/C29H33N3O3/c1-18(2)20-10-12-22(13-11-20)26(19(3)4)30-25(33)17-32-27(34)29(5,31-28(32)35)24-15-14-21-8-6-7-9-23(21)16-24/h6-16,18-19,26H,17H2,1-5H3,(H,30,33)(H,31,35). The van der Waals surface area contributed by atoms with Crippen LogP contribution in [0.1, 0.15) is 63.3 Å². The number of benzene rings is 3. The molecule has 4 rings (SSSR count). The number of urea groups is 1. The van der Waals surface area contributed by atoms with Gasteiger partial charge in [0, 0.05) is 0 Å². The van der Waals surface area contributed by atoms with Crippen LogP contribution in [0.25, 0.3) is 10.8 Å². The molecule has 3 aromatic rings. The molecule has 0 saturated carbocycles. The minimum Gasteiger partial charge on any atom is -0.347 e. The molecule has 2 atom stereocenters. The van der Waals surface area contributed by atoms with Gasteiger partial charge < -0.3 is 10.6 Å². The number of nitrogens with zero attached hydrogens (tertiary/aromatic N) is 1. The molecule has 1 aliphatic heterocycles. The Kier molecular flexibility index (Phi) is 6.66. The highest BCUT2D eigenvalue weighted by Crippen LogP contribution is 2.31. The van der Waals surface area contributed by atoms with Gasteiger partial charge in [-0.15, -0.1) is 0 Å². The summed E-state index contributed by atoms with van der Waals surface area (Å²) in [5.74, 6) is -0.249. The highest BCUT2D eigenvalue weighted by Gasteiger charge is 2.49. The SMILES string of the molecule is CC(C)c1ccc(C(NC(=O)CN2C(=O)NC(C)(c3ccc4ccccc4c3)C2=O)C(C)C)cc1. The molecular formula is C29H33N3O3. The van der Waals surface area contributed by atoms with Crippen LogP contribution in [0, 0.1) is 5.92 Å². The van der Waals surface area contributed by atoms with E-state index in [2.05, 4.69) is 36.6 Å². The van der Waals surface area contributed by atoms with Gasteiger partial charge in [0.05, 0.1) is 6.04 Å². The number of rotatable bonds is 7. The van der Waals surface area contributed by atoms with Gasteiger partial charge in [0.25, 0.3) is 5.91 Å². The van der Waals surface area contributed by atoms with Crippen molar-refractivity contribution >= 4 is 28.6 Å². The van der Waals surface area contributed by atoms with Crippen LogP contribution >= 0.6 is 0 Å². The lowest BCUT2D eigenvalue weighted by Gasteiger charge is -2.25. The number of amides is 4. The Morgan fingerprint density at radius 1 is 0.914 bits per heavy atom. The fraction of sp³-hybridized carbons (Fsp3) is 0.345. The van der Waals surface area contributed by atoms with E-state index in [-0.39, 0.29) is 24.4 Å². The second-order valence-electron chi connectivity index (χ2n) is 10.1. The molecule has 6 nitrogen and oxygen atoms in total. The topological polar surface area (TPSA) is 78.5 Å². The van der Waals surface area contributed by atoms with Crippen molar-refractivity contribution in [3.8, 4) is 0 Å². The molecule has 1 saturated heterocycles. The van der Waals surface area contributed by atoms with E-state index in [9.17, 15) is 14.4 Å². The highest BCUT2D eigenvalue weighted by atomic mass is 16.2. The Balaban J connectivity index is 1.50. The second-order valence-corrected chi connectivity index (χ2v) is 10.1. The smallest absolute Gasteiger partial charge is 0.325 e. The summed E-state index contributed by atoms with van der Waals surface area (Å²) < 4.78 is 0. The van der Waals surface area contributed by atoms with E-state index in [1.54, 1.807) is 6.92 Å². The van der Waals surface area contributed by atoms with E-state index in [0.29, 0.717) is 11.5 Å². The van der Waals surface area contributed by atoms with Gasteiger partial charge in [-0.25, -0.2) is 4.79 Å². The lowest BCUT2D eigenvalue weighted by Crippen LogP contribution is -2.44.